The Kier molecular flexibility index (Phi) is 9.19. The second-order valence-corrected chi connectivity index (χ2v) is 23.7. The van der Waals surface area contributed by atoms with Crippen molar-refractivity contribution in [2.24, 2.45) is 0 Å². The van der Waals surface area contributed by atoms with E-state index in [1.165, 1.54) is 72.1 Å². The molecule has 338 valence electrons. The third-order valence-electron chi connectivity index (χ3n) is 14.7. The van der Waals surface area contributed by atoms with Gasteiger partial charge in [0, 0.05) is 23.0 Å². The third-order valence-corrected chi connectivity index (χ3v) is 14.7. The van der Waals surface area contributed by atoms with Crippen LogP contribution in [0.4, 0.5) is 0 Å². The van der Waals surface area contributed by atoms with Crippen molar-refractivity contribution in [3.8, 4) is 34.1 Å². The molecule has 0 N–H and O–H groups in total. The van der Waals surface area contributed by atoms with Gasteiger partial charge in [0.1, 0.15) is 17.3 Å². The van der Waals surface area contributed by atoms with Gasteiger partial charge in [-0.15, -0.1) is 0 Å². The van der Waals surface area contributed by atoms with Gasteiger partial charge in [-0.3, -0.25) is 4.57 Å². The Morgan fingerprint density at radius 1 is 0.567 bits per heavy atom. The number of nitrogens with zero attached hydrogens (tertiary/aromatic N) is 4. The van der Waals surface area contributed by atoms with Gasteiger partial charge in [-0.1, -0.05) is 156 Å². The van der Waals surface area contributed by atoms with Gasteiger partial charge < -0.3 is 13.9 Å². The molecule has 67 heavy (non-hydrogen) atoms. The van der Waals surface area contributed by atoms with E-state index in [-0.39, 0.29) is 27.7 Å². The summed E-state index contributed by atoms with van der Waals surface area (Å²) in [5.41, 5.74) is 18.1. The summed E-state index contributed by atoms with van der Waals surface area (Å²) in [5, 5.41) is 2.34. The minimum atomic E-state index is -0.657. The molecule has 1 aliphatic heterocycles. The summed E-state index contributed by atoms with van der Waals surface area (Å²) in [4.78, 5) is 4.79. The zero-order chi connectivity index (χ0) is 47.3. The topological polar surface area (TPSA) is 35.9 Å². The van der Waals surface area contributed by atoms with Crippen molar-refractivity contribution in [2.75, 3.05) is 0 Å². The first-order valence-corrected chi connectivity index (χ1v) is 24.2. The maximum Gasteiger partial charge on any atom is 0.244 e. The Hall–Kier alpha value is -6.46. The van der Waals surface area contributed by atoms with Crippen molar-refractivity contribution in [2.45, 2.75) is 130 Å². The number of aromatic nitrogens is 4. The largest absolute Gasteiger partial charge is 0.458 e. The molecule has 0 amide bonds. The van der Waals surface area contributed by atoms with Crippen molar-refractivity contribution in [3.05, 3.63) is 178 Å². The van der Waals surface area contributed by atoms with Crippen molar-refractivity contribution >= 4 is 32.8 Å². The number of rotatable bonds is 4. The third kappa shape index (κ3) is 6.33. The number of hydrogen-bond acceptors (Lipinski definition) is 2. The Labute approximate surface area is 397 Å². The fraction of sp³-hybridized carbons (Fsp3) is 0.323. The van der Waals surface area contributed by atoms with Crippen LogP contribution < -0.4 is 9.30 Å². The molecule has 2 aliphatic rings. The second kappa shape index (κ2) is 14.3. The van der Waals surface area contributed by atoms with Gasteiger partial charge in [-0.25, -0.2) is 4.98 Å². The second-order valence-electron chi connectivity index (χ2n) is 23.7. The lowest BCUT2D eigenvalue weighted by Crippen LogP contribution is -2.38. The Bertz CT molecular complexity index is 3420. The van der Waals surface area contributed by atoms with Crippen LogP contribution in [-0.4, -0.2) is 14.1 Å². The van der Waals surface area contributed by atoms with Gasteiger partial charge in [0.15, 0.2) is 0 Å². The molecule has 3 aromatic heterocycles. The summed E-state index contributed by atoms with van der Waals surface area (Å²) < 4.78 is 14.0. The quantitative estimate of drug-likeness (QED) is 0.130. The molecule has 5 nitrogen and oxygen atoms in total. The smallest absolute Gasteiger partial charge is 0.244 e. The Morgan fingerprint density at radius 3 is 1.76 bits per heavy atom. The molecule has 0 fully saturated rings. The van der Waals surface area contributed by atoms with Crippen LogP contribution in [0.3, 0.4) is 0 Å². The predicted molar refractivity (Wildman–Crippen MR) is 277 cm³/mol. The van der Waals surface area contributed by atoms with Crippen LogP contribution in [-0.2, 0) is 27.1 Å². The first-order valence-electron chi connectivity index (χ1n) is 24.2. The van der Waals surface area contributed by atoms with E-state index in [1.54, 1.807) is 0 Å². The van der Waals surface area contributed by atoms with E-state index >= 15 is 0 Å². The van der Waals surface area contributed by atoms with Crippen LogP contribution in [0, 0.1) is 6.33 Å². The molecule has 0 saturated heterocycles. The molecular weight excluding hydrogens is 817 g/mol. The van der Waals surface area contributed by atoms with Crippen LogP contribution in [0.5, 0.6) is 11.5 Å². The van der Waals surface area contributed by atoms with E-state index in [1.807, 2.05) is 18.3 Å². The number of pyridine rings is 1. The van der Waals surface area contributed by atoms with Gasteiger partial charge in [0.05, 0.1) is 39.2 Å². The minimum Gasteiger partial charge on any atom is -0.458 e. The highest BCUT2D eigenvalue weighted by molar-refractivity contribution is 6.09. The molecule has 1 spiro atoms. The fourth-order valence-corrected chi connectivity index (χ4v) is 11.4. The molecule has 0 bridgehead atoms. The molecule has 11 rings (SSSR count). The number of para-hydroxylation sites is 2. The van der Waals surface area contributed by atoms with Gasteiger partial charge in [-0.2, -0.15) is 0 Å². The van der Waals surface area contributed by atoms with E-state index in [0.29, 0.717) is 0 Å². The molecule has 9 aromatic rings. The Morgan fingerprint density at radius 2 is 1.16 bits per heavy atom. The van der Waals surface area contributed by atoms with E-state index in [9.17, 15) is 0 Å². The van der Waals surface area contributed by atoms with Crippen molar-refractivity contribution in [1.82, 2.24) is 14.1 Å². The lowest BCUT2D eigenvalue weighted by atomic mass is 9.60. The molecule has 4 heterocycles. The molecule has 0 atom stereocenters. The summed E-state index contributed by atoms with van der Waals surface area (Å²) in [7, 11) is 0. The van der Waals surface area contributed by atoms with E-state index in [0.717, 1.165) is 39.4 Å². The SMILES string of the molecule is CC(C)[n+]1[c-]n2c3c(cccc31)C1(c3ccc(Oc4ccc5c6ccccc6n(-c6ccccn6)c5c4)cc3-2)c2c(cc(C(C)(C)C)cc2C(C)(C)C)-c2cc(C(C)(C)C)cc(C(C)(C)C)c21. The van der Waals surface area contributed by atoms with Gasteiger partial charge in [0.25, 0.3) is 0 Å². The van der Waals surface area contributed by atoms with Crippen molar-refractivity contribution in [3.63, 3.8) is 0 Å². The number of ether oxygens (including phenoxy) is 1. The molecule has 6 aromatic carbocycles. The van der Waals surface area contributed by atoms with Gasteiger partial charge in [0.2, 0.25) is 6.33 Å². The highest BCUT2D eigenvalue weighted by Crippen LogP contribution is 2.65. The molecule has 0 radical (unpaired) electrons. The fourth-order valence-electron chi connectivity index (χ4n) is 11.4. The zero-order valence-corrected chi connectivity index (χ0v) is 41.9. The minimum absolute atomic E-state index is 0.0579. The van der Waals surface area contributed by atoms with Gasteiger partial charge in [-0.05, 0) is 134 Å². The zero-order valence-electron chi connectivity index (χ0n) is 41.9. The summed E-state index contributed by atoms with van der Waals surface area (Å²) in [6.07, 6.45) is 5.77. The molecular formula is C62H64N4O. The van der Waals surface area contributed by atoms with Gasteiger partial charge >= 0.3 is 0 Å². The summed E-state index contributed by atoms with van der Waals surface area (Å²) in [5.74, 6) is 2.42. The lowest BCUT2D eigenvalue weighted by molar-refractivity contribution is -0.695. The number of imidazole rings is 1. The lowest BCUT2D eigenvalue weighted by Gasteiger charge is -2.45. The van der Waals surface area contributed by atoms with Crippen LogP contribution in [0.2, 0.25) is 0 Å². The monoisotopic (exact) mass is 881 g/mol. The number of fused-ring (bicyclic) bond motifs is 12. The summed E-state index contributed by atoms with van der Waals surface area (Å²) >= 11 is 0. The highest BCUT2D eigenvalue weighted by Gasteiger charge is 2.54. The highest BCUT2D eigenvalue weighted by atomic mass is 16.5. The molecule has 0 unspecified atom stereocenters. The first-order chi connectivity index (χ1) is 31.6. The first kappa shape index (κ1) is 43.1. The van der Waals surface area contributed by atoms with Crippen LogP contribution in [0.1, 0.15) is 147 Å². The van der Waals surface area contributed by atoms with E-state index < -0.39 is 5.41 Å². The van der Waals surface area contributed by atoms with Crippen molar-refractivity contribution < 1.29 is 9.30 Å². The summed E-state index contributed by atoms with van der Waals surface area (Å²) in [6, 6.07) is 45.4. The average Bonchev–Trinajstić information content (AvgIpc) is 3.91. The maximum atomic E-state index is 7.06. The average molecular weight is 881 g/mol. The van der Waals surface area contributed by atoms with Crippen molar-refractivity contribution in [1.29, 1.82) is 0 Å². The predicted octanol–water partition coefficient (Wildman–Crippen LogP) is 15.4. The molecule has 1 aliphatic carbocycles. The standard InChI is InChI=1S/C62H64N4O/c1-37(2)64-36-65-53-35-41(67-40-25-27-43-42-20-15-16-22-50(42)66(52(43)34-40)54-24-17-18-29-63-54)26-28-46(53)62(47-21-19-23-51(64)57(47)65)55-44(30-38(58(3,4)5)32-48(55)60(9,10)11)45-31-39(59(6,7)8)33-49(56(45)62)61(12,13)14/h15-35,37H,1-14H3. The van der Waals surface area contributed by atoms with Crippen LogP contribution in [0.25, 0.3) is 55.5 Å². The number of hydrogen-bond donors (Lipinski definition) is 0. The maximum absolute atomic E-state index is 7.06. The van der Waals surface area contributed by atoms with Crippen LogP contribution in [0.15, 0.2) is 128 Å². The Balaban J connectivity index is 1.24. The van der Waals surface area contributed by atoms with E-state index in [2.05, 4.69) is 226 Å². The number of benzene rings is 6. The van der Waals surface area contributed by atoms with Crippen LogP contribution >= 0.6 is 0 Å². The van der Waals surface area contributed by atoms with E-state index in [4.69, 9.17) is 9.72 Å². The molecule has 5 heteroatoms. The normalized spacial score (nSPS) is 14.4. The summed E-state index contributed by atoms with van der Waals surface area (Å²) in [6.45, 7) is 33.1. The molecule has 0 saturated carbocycles.